The molecule has 0 aliphatic carbocycles. The molecule has 0 aromatic heterocycles. The number of carbonyl (C=O) groups is 1. The van der Waals surface area contributed by atoms with Crippen molar-refractivity contribution in [2.75, 3.05) is 40.3 Å². The summed E-state index contributed by atoms with van der Waals surface area (Å²) in [6, 6.07) is 4.19. The van der Waals surface area contributed by atoms with E-state index in [0.717, 1.165) is 36.3 Å². The molecule has 0 bridgehead atoms. The Morgan fingerprint density at radius 2 is 1.96 bits per heavy atom. The summed E-state index contributed by atoms with van der Waals surface area (Å²) in [4.78, 5) is 14.9. The molecule has 1 saturated heterocycles. The summed E-state index contributed by atoms with van der Waals surface area (Å²) in [5.41, 5.74) is 0.182. The maximum atomic E-state index is 12.4. The van der Waals surface area contributed by atoms with E-state index >= 15 is 0 Å². The molecule has 2 rings (SSSR count). The first-order valence-corrected chi connectivity index (χ1v) is 10.8. The van der Waals surface area contributed by atoms with Gasteiger partial charge in [0.05, 0.1) is 15.5 Å². The number of nitrogens with zero attached hydrogens (tertiary/aromatic N) is 2. The summed E-state index contributed by atoms with van der Waals surface area (Å²) in [7, 11) is -0.707. The van der Waals surface area contributed by atoms with Crippen molar-refractivity contribution in [2.24, 2.45) is 5.92 Å². The standard InChI is InChI=1S/C18H28ClN3O3S/c1-14-7-11-22(12-8-14)10-4-9-20-18(23)16-13-15(5-6-17(16)19)26(24,25)21(2)3/h5-6,13-14H,4,7-12H2,1-3H3,(H,20,23). The van der Waals surface area contributed by atoms with Crippen molar-refractivity contribution in [3.8, 4) is 0 Å². The van der Waals surface area contributed by atoms with E-state index in [0.29, 0.717) is 6.54 Å². The van der Waals surface area contributed by atoms with Gasteiger partial charge in [-0.05, 0) is 63.0 Å². The van der Waals surface area contributed by atoms with Gasteiger partial charge in [0.25, 0.3) is 5.91 Å². The predicted molar refractivity (Wildman–Crippen MR) is 104 cm³/mol. The number of rotatable bonds is 7. The van der Waals surface area contributed by atoms with Crippen LogP contribution in [0.1, 0.15) is 36.5 Å². The number of benzene rings is 1. The Morgan fingerprint density at radius 3 is 2.58 bits per heavy atom. The molecule has 0 radical (unpaired) electrons. The third kappa shape index (κ3) is 5.42. The Balaban J connectivity index is 1.91. The van der Waals surface area contributed by atoms with E-state index < -0.39 is 10.0 Å². The van der Waals surface area contributed by atoms with Crippen LogP contribution in [0.15, 0.2) is 23.1 Å². The summed E-state index contributed by atoms with van der Waals surface area (Å²) in [6.07, 6.45) is 3.32. The number of nitrogens with one attached hydrogen (secondary N) is 1. The van der Waals surface area contributed by atoms with Gasteiger partial charge in [-0.3, -0.25) is 4.79 Å². The van der Waals surface area contributed by atoms with Gasteiger partial charge in [-0.2, -0.15) is 0 Å². The first-order chi connectivity index (χ1) is 12.2. The summed E-state index contributed by atoms with van der Waals surface area (Å²) < 4.78 is 25.6. The smallest absolute Gasteiger partial charge is 0.252 e. The highest BCUT2D eigenvalue weighted by molar-refractivity contribution is 7.89. The zero-order valence-corrected chi connectivity index (χ0v) is 17.2. The molecule has 0 atom stereocenters. The minimum absolute atomic E-state index is 0.0551. The van der Waals surface area contributed by atoms with Crippen molar-refractivity contribution < 1.29 is 13.2 Å². The third-order valence-electron chi connectivity index (χ3n) is 4.77. The lowest BCUT2D eigenvalue weighted by atomic mass is 9.99. The van der Waals surface area contributed by atoms with E-state index in [1.807, 2.05) is 0 Å². The van der Waals surface area contributed by atoms with Crippen LogP contribution < -0.4 is 5.32 Å². The van der Waals surface area contributed by atoms with E-state index in [1.165, 1.54) is 45.1 Å². The normalized spacial score (nSPS) is 16.8. The second-order valence-corrected chi connectivity index (χ2v) is 9.62. The van der Waals surface area contributed by atoms with Crippen LogP contribution in [0.3, 0.4) is 0 Å². The number of carbonyl (C=O) groups excluding carboxylic acids is 1. The number of hydrogen-bond acceptors (Lipinski definition) is 4. The SMILES string of the molecule is CC1CCN(CCCNC(=O)c2cc(S(=O)(=O)N(C)C)ccc2Cl)CC1. The highest BCUT2D eigenvalue weighted by atomic mass is 35.5. The lowest BCUT2D eigenvalue weighted by molar-refractivity contribution is 0.0950. The van der Waals surface area contributed by atoms with Crippen LogP contribution in [0.5, 0.6) is 0 Å². The highest BCUT2D eigenvalue weighted by Crippen LogP contribution is 2.22. The lowest BCUT2D eigenvalue weighted by Crippen LogP contribution is -2.35. The van der Waals surface area contributed by atoms with Gasteiger partial charge in [0, 0.05) is 20.6 Å². The summed E-state index contributed by atoms with van der Waals surface area (Å²) in [6.45, 7) is 6.00. The number of amides is 1. The molecule has 1 aromatic carbocycles. The molecule has 26 heavy (non-hydrogen) atoms. The van der Waals surface area contributed by atoms with Crippen LogP contribution in [0.25, 0.3) is 0 Å². The van der Waals surface area contributed by atoms with E-state index in [-0.39, 0.29) is 21.4 Å². The van der Waals surface area contributed by atoms with Crippen LogP contribution in [-0.2, 0) is 10.0 Å². The minimum atomic E-state index is -3.61. The predicted octanol–water partition coefficient (Wildman–Crippen LogP) is 2.44. The molecule has 1 amide bonds. The van der Waals surface area contributed by atoms with Gasteiger partial charge in [0.15, 0.2) is 0 Å². The van der Waals surface area contributed by atoms with Crippen LogP contribution in [-0.4, -0.2) is 63.8 Å². The molecule has 0 unspecified atom stereocenters. The first kappa shape index (κ1) is 21.2. The summed E-state index contributed by atoms with van der Waals surface area (Å²) in [5, 5.41) is 3.08. The molecular weight excluding hydrogens is 374 g/mol. The molecule has 6 nitrogen and oxygen atoms in total. The molecule has 1 aromatic rings. The van der Waals surface area contributed by atoms with E-state index in [4.69, 9.17) is 11.6 Å². The van der Waals surface area contributed by atoms with Crippen molar-refractivity contribution in [1.82, 2.24) is 14.5 Å². The fraction of sp³-hybridized carbons (Fsp3) is 0.611. The molecule has 1 aliphatic heterocycles. The number of hydrogen-bond donors (Lipinski definition) is 1. The van der Waals surface area contributed by atoms with Gasteiger partial charge < -0.3 is 10.2 Å². The Morgan fingerprint density at radius 1 is 1.31 bits per heavy atom. The Hall–Kier alpha value is -1.15. The molecule has 0 saturated carbocycles. The van der Waals surface area contributed by atoms with E-state index in [1.54, 1.807) is 0 Å². The second-order valence-electron chi connectivity index (χ2n) is 7.06. The fourth-order valence-electron chi connectivity index (χ4n) is 2.94. The van der Waals surface area contributed by atoms with E-state index in [2.05, 4.69) is 17.1 Å². The van der Waals surface area contributed by atoms with Crippen LogP contribution >= 0.6 is 11.6 Å². The van der Waals surface area contributed by atoms with Crippen LogP contribution in [0.2, 0.25) is 5.02 Å². The monoisotopic (exact) mass is 401 g/mol. The molecule has 0 spiro atoms. The molecule has 1 heterocycles. The zero-order chi connectivity index (χ0) is 19.3. The Bertz CT molecular complexity index is 729. The zero-order valence-electron chi connectivity index (χ0n) is 15.7. The van der Waals surface area contributed by atoms with Crippen LogP contribution in [0, 0.1) is 5.92 Å². The highest BCUT2D eigenvalue weighted by Gasteiger charge is 2.21. The fourth-order valence-corrected chi connectivity index (χ4v) is 4.07. The largest absolute Gasteiger partial charge is 0.352 e. The van der Waals surface area contributed by atoms with Crippen molar-refractivity contribution in [2.45, 2.75) is 31.1 Å². The van der Waals surface area contributed by atoms with Gasteiger partial charge in [-0.15, -0.1) is 0 Å². The first-order valence-electron chi connectivity index (χ1n) is 8.94. The summed E-state index contributed by atoms with van der Waals surface area (Å²) >= 11 is 6.09. The number of piperidine rings is 1. The molecule has 1 N–H and O–H groups in total. The quantitative estimate of drug-likeness (QED) is 0.712. The third-order valence-corrected chi connectivity index (χ3v) is 6.91. The number of sulfonamides is 1. The average molecular weight is 402 g/mol. The Labute approximate surface area is 161 Å². The van der Waals surface area contributed by atoms with Crippen molar-refractivity contribution in [3.05, 3.63) is 28.8 Å². The van der Waals surface area contributed by atoms with Gasteiger partial charge in [-0.25, -0.2) is 12.7 Å². The minimum Gasteiger partial charge on any atom is -0.352 e. The molecule has 146 valence electrons. The lowest BCUT2D eigenvalue weighted by Gasteiger charge is -2.30. The Kier molecular flexibility index (Phi) is 7.46. The molecular formula is C18H28ClN3O3S. The van der Waals surface area contributed by atoms with Crippen molar-refractivity contribution >= 4 is 27.5 Å². The van der Waals surface area contributed by atoms with Gasteiger partial charge in [0.2, 0.25) is 10.0 Å². The van der Waals surface area contributed by atoms with Gasteiger partial charge >= 0.3 is 0 Å². The van der Waals surface area contributed by atoms with Crippen LogP contribution in [0.4, 0.5) is 0 Å². The maximum Gasteiger partial charge on any atom is 0.252 e. The number of likely N-dealkylation sites (tertiary alicyclic amines) is 1. The average Bonchev–Trinajstić information content (AvgIpc) is 2.60. The van der Waals surface area contributed by atoms with Crippen molar-refractivity contribution in [3.63, 3.8) is 0 Å². The van der Waals surface area contributed by atoms with Gasteiger partial charge in [-0.1, -0.05) is 18.5 Å². The van der Waals surface area contributed by atoms with E-state index in [9.17, 15) is 13.2 Å². The van der Waals surface area contributed by atoms with Crippen molar-refractivity contribution in [1.29, 1.82) is 0 Å². The maximum absolute atomic E-state index is 12.4. The second kappa shape index (κ2) is 9.17. The van der Waals surface area contributed by atoms with Gasteiger partial charge in [0.1, 0.15) is 0 Å². The topological polar surface area (TPSA) is 69.7 Å². The summed E-state index contributed by atoms with van der Waals surface area (Å²) in [5.74, 6) is 0.455. The molecule has 1 fully saturated rings. The molecule has 1 aliphatic rings. The number of halogens is 1. The molecule has 8 heteroatoms.